The summed E-state index contributed by atoms with van der Waals surface area (Å²) in [7, 11) is 0. The fourth-order valence-corrected chi connectivity index (χ4v) is 2.41. The first-order valence-electron chi connectivity index (χ1n) is 7.09. The number of ketones is 1. The van der Waals surface area contributed by atoms with Crippen molar-refractivity contribution in [3.05, 3.63) is 24.2 Å². The summed E-state index contributed by atoms with van der Waals surface area (Å²) in [6.07, 6.45) is 7.61. The van der Waals surface area contributed by atoms with Crippen LogP contribution in [0.25, 0.3) is 0 Å². The van der Waals surface area contributed by atoms with E-state index in [9.17, 15) is 4.79 Å². The lowest BCUT2D eigenvalue weighted by molar-refractivity contribution is 0.0947. The van der Waals surface area contributed by atoms with Crippen LogP contribution in [0.2, 0.25) is 0 Å². The maximum absolute atomic E-state index is 12.0. The lowest BCUT2D eigenvalue weighted by Gasteiger charge is -2.26. The average Bonchev–Trinajstić information content (AvgIpc) is 2.82. The van der Waals surface area contributed by atoms with Crippen LogP contribution >= 0.6 is 0 Å². The predicted octanol–water partition coefficient (Wildman–Crippen LogP) is 3.51. The Labute approximate surface area is 114 Å². The maximum Gasteiger partial charge on any atom is 0.265 e. The second-order valence-corrected chi connectivity index (χ2v) is 5.06. The zero-order valence-corrected chi connectivity index (χ0v) is 11.7. The molecule has 0 bridgehead atoms. The first-order chi connectivity index (χ1) is 9.22. The van der Waals surface area contributed by atoms with E-state index in [1.165, 1.54) is 19.3 Å². The van der Waals surface area contributed by atoms with Crippen LogP contribution in [0.15, 0.2) is 17.1 Å². The van der Waals surface area contributed by atoms with Gasteiger partial charge in [-0.15, -0.1) is 6.58 Å². The molecule has 19 heavy (non-hydrogen) atoms. The Morgan fingerprint density at radius 3 is 2.84 bits per heavy atom. The SMILES string of the molecule is C=CCCCC(=O)c1nc(C)c(N2CCCCC2)o1. The highest BCUT2D eigenvalue weighted by Gasteiger charge is 2.21. The molecule has 0 aromatic carbocycles. The molecule has 4 heteroatoms. The topological polar surface area (TPSA) is 46.3 Å². The van der Waals surface area contributed by atoms with Gasteiger partial charge in [-0.05, 0) is 39.0 Å². The molecule has 1 aliphatic heterocycles. The van der Waals surface area contributed by atoms with Gasteiger partial charge in [-0.25, -0.2) is 4.98 Å². The quantitative estimate of drug-likeness (QED) is 0.447. The maximum atomic E-state index is 12.0. The number of aryl methyl sites for hydroxylation is 1. The molecule has 0 saturated carbocycles. The minimum Gasteiger partial charge on any atom is -0.417 e. The van der Waals surface area contributed by atoms with E-state index >= 15 is 0 Å². The molecule has 1 aromatic rings. The van der Waals surface area contributed by atoms with Gasteiger partial charge in [0.25, 0.3) is 5.89 Å². The van der Waals surface area contributed by atoms with E-state index in [2.05, 4.69) is 16.5 Å². The van der Waals surface area contributed by atoms with Gasteiger partial charge in [-0.2, -0.15) is 0 Å². The van der Waals surface area contributed by atoms with Crippen molar-refractivity contribution in [3.63, 3.8) is 0 Å². The summed E-state index contributed by atoms with van der Waals surface area (Å²) >= 11 is 0. The van der Waals surface area contributed by atoms with Crippen molar-refractivity contribution in [3.8, 4) is 0 Å². The molecule has 0 amide bonds. The molecule has 1 fully saturated rings. The van der Waals surface area contributed by atoms with Crippen molar-refractivity contribution >= 4 is 11.7 Å². The molecule has 0 aliphatic carbocycles. The Hall–Kier alpha value is -1.58. The number of unbranched alkanes of at least 4 members (excludes halogenated alkanes) is 1. The minimum absolute atomic E-state index is 0.00629. The van der Waals surface area contributed by atoms with Crippen molar-refractivity contribution in [1.29, 1.82) is 0 Å². The molecule has 0 unspecified atom stereocenters. The van der Waals surface area contributed by atoms with Crippen molar-refractivity contribution in [1.82, 2.24) is 4.98 Å². The van der Waals surface area contributed by atoms with E-state index in [0.29, 0.717) is 6.42 Å². The number of hydrogen-bond donors (Lipinski definition) is 0. The monoisotopic (exact) mass is 262 g/mol. The highest BCUT2D eigenvalue weighted by atomic mass is 16.4. The third kappa shape index (κ3) is 3.46. The van der Waals surface area contributed by atoms with Gasteiger partial charge in [0.1, 0.15) is 5.69 Å². The van der Waals surface area contributed by atoms with Crippen LogP contribution in [0.1, 0.15) is 54.9 Å². The first kappa shape index (κ1) is 13.8. The number of rotatable bonds is 6. The number of aromatic nitrogens is 1. The fourth-order valence-electron chi connectivity index (χ4n) is 2.41. The highest BCUT2D eigenvalue weighted by Crippen LogP contribution is 2.25. The first-order valence-corrected chi connectivity index (χ1v) is 7.09. The van der Waals surface area contributed by atoms with Crippen LogP contribution in [-0.2, 0) is 0 Å². The molecule has 1 aliphatic rings. The smallest absolute Gasteiger partial charge is 0.265 e. The van der Waals surface area contributed by atoms with Gasteiger partial charge in [-0.3, -0.25) is 4.79 Å². The number of oxazole rings is 1. The molecule has 2 rings (SSSR count). The van der Waals surface area contributed by atoms with E-state index in [0.717, 1.165) is 37.5 Å². The normalized spacial score (nSPS) is 15.5. The molecule has 2 heterocycles. The van der Waals surface area contributed by atoms with E-state index in [-0.39, 0.29) is 11.7 Å². The van der Waals surface area contributed by atoms with E-state index in [4.69, 9.17) is 4.42 Å². The van der Waals surface area contributed by atoms with Crippen LogP contribution in [-0.4, -0.2) is 23.9 Å². The third-order valence-electron chi connectivity index (χ3n) is 3.47. The Morgan fingerprint density at radius 2 is 2.16 bits per heavy atom. The van der Waals surface area contributed by atoms with Crippen LogP contribution < -0.4 is 4.90 Å². The summed E-state index contributed by atoms with van der Waals surface area (Å²) in [6, 6.07) is 0. The molecule has 1 aromatic heterocycles. The fraction of sp³-hybridized carbons (Fsp3) is 0.600. The Balaban J connectivity index is 2.02. The molecular weight excluding hydrogens is 240 g/mol. The summed E-state index contributed by atoms with van der Waals surface area (Å²) in [5.41, 5.74) is 0.828. The molecule has 4 nitrogen and oxygen atoms in total. The molecule has 104 valence electrons. The van der Waals surface area contributed by atoms with Crippen LogP contribution in [0, 0.1) is 6.92 Å². The number of nitrogens with zero attached hydrogens (tertiary/aromatic N) is 2. The number of piperidine rings is 1. The largest absolute Gasteiger partial charge is 0.417 e. The van der Waals surface area contributed by atoms with Gasteiger partial charge >= 0.3 is 0 Å². The third-order valence-corrected chi connectivity index (χ3v) is 3.47. The van der Waals surface area contributed by atoms with Gasteiger partial charge in [0, 0.05) is 19.5 Å². The molecule has 0 spiro atoms. The molecular formula is C15H22N2O2. The number of allylic oxidation sites excluding steroid dienone is 1. The van der Waals surface area contributed by atoms with Gasteiger partial charge in [0.05, 0.1) is 0 Å². The minimum atomic E-state index is -0.00629. The number of hydrogen-bond acceptors (Lipinski definition) is 4. The van der Waals surface area contributed by atoms with Gasteiger partial charge < -0.3 is 9.32 Å². The van der Waals surface area contributed by atoms with Crippen molar-refractivity contribution in [2.75, 3.05) is 18.0 Å². The Kier molecular flexibility index (Phi) is 4.77. The van der Waals surface area contributed by atoms with E-state index in [1.54, 1.807) is 0 Å². The second-order valence-electron chi connectivity index (χ2n) is 5.06. The summed E-state index contributed by atoms with van der Waals surface area (Å²) in [5.74, 6) is 1.04. The Bertz CT molecular complexity index is 445. The standard InChI is InChI=1S/C15H22N2O2/c1-3-4-6-9-13(18)14-16-12(2)15(19-14)17-10-7-5-8-11-17/h3H,1,4-11H2,2H3. The average molecular weight is 262 g/mol. The highest BCUT2D eigenvalue weighted by molar-refractivity contribution is 5.92. The van der Waals surface area contributed by atoms with E-state index < -0.39 is 0 Å². The van der Waals surface area contributed by atoms with Crippen LogP contribution in [0.5, 0.6) is 0 Å². The summed E-state index contributed by atoms with van der Waals surface area (Å²) in [4.78, 5) is 18.4. The number of Topliss-reactive ketones (excluding diaryl/α,β-unsaturated/α-hetero) is 1. The van der Waals surface area contributed by atoms with Crippen molar-refractivity contribution in [2.24, 2.45) is 0 Å². The van der Waals surface area contributed by atoms with Crippen LogP contribution in [0.3, 0.4) is 0 Å². The molecule has 1 saturated heterocycles. The number of anilines is 1. The molecule has 0 atom stereocenters. The van der Waals surface area contributed by atoms with Crippen molar-refractivity contribution < 1.29 is 9.21 Å². The summed E-state index contributed by atoms with van der Waals surface area (Å²) in [6.45, 7) is 7.56. The number of carbonyl (C=O) groups excluding carboxylic acids is 1. The predicted molar refractivity (Wildman–Crippen MR) is 75.7 cm³/mol. The summed E-state index contributed by atoms with van der Waals surface area (Å²) in [5, 5.41) is 0. The Morgan fingerprint density at radius 1 is 1.42 bits per heavy atom. The number of carbonyl (C=O) groups is 1. The van der Waals surface area contributed by atoms with E-state index in [1.807, 2.05) is 13.0 Å². The van der Waals surface area contributed by atoms with Crippen molar-refractivity contribution in [2.45, 2.75) is 45.4 Å². The zero-order valence-electron chi connectivity index (χ0n) is 11.7. The van der Waals surface area contributed by atoms with Crippen LogP contribution in [0.4, 0.5) is 5.88 Å². The zero-order chi connectivity index (χ0) is 13.7. The van der Waals surface area contributed by atoms with Gasteiger partial charge in [-0.1, -0.05) is 6.08 Å². The van der Waals surface area contributed by atoms with Gasteiger partial charge in [0.15, 0.2) is 0 Å². The lowest BCUT2D eigenvalue weighted by atomic mass is 10.1. The lowest BCUT2D eigenvalue weighted by Crippen LogP contribution is -2.29. The van der Waals surface area contributed by atoms with Gasteiger partial charge in [0.2, 0.25) is 11.7 Å². The second kappa shape index (κ2) is 6.55. The molecule has 0 N–H and O–H groups in total. The summed E-state index contributed by atoms with van der Waals surface area (Å²) < 4.78 is 5.69. The molecule has 0 radical (unpaired) electrons.